The van der Waals surface area contributed by atoms with Gasteiger partial charge >= 0.3 is 6.09 Å². The molecule has 1 aliphatic rings. The van der Waals surface area contributed by atoms with Crippen LogP contribution in [0.5, 0.6) is 5.75 Å². The predicted molar refractivity (Wildman–Crippen MR) is 88.5 cm³/mol. The van der Waals surface area contributed by atoms with Crippen molar-refractivity contribution in [3.63, 3.8) is 0 Å². The number of carbonyl (C=O) groups is 1. The molecule has 5 nitrogen and oxygen atoms in total. The number of nitrogens with zero attached hydrogens (tertiary/aromatic N) is 1. The van der Waals surface area contributed by atoms with Crippen molar-refractivity contribution in [2.45, 2.75) is 51.2 Å². The highest BCUT2D eigenvalue weighted by atomic mass is 19.1. The van der Waals surface area contributed by atoms with E-state index < -0.39 is 11.2 Å². The Morgan fingerprint density at radius 2 is 1.83 bits per heavy atom. The molecule has 0 aliphatic carbocycles. The molecular weight excluding hydrogens is 313 g/mol. The lowest BCUT2D eigenvalue weighted by Gasteiger charge is -2.38. The second kappa shape index (κ2) is 7.38. The maximum absolute atomic E-state index is 12.8. The Labute approximate surface area is 142 Å². The zero-order valence-electron chi connectivity index (χ0n) is 14.5. The monoisotopic (exact) mass is 339 g/mol. The Morgan fingerprint density at radius 3 is 2.38 bits per heavy atom. The smallest absolute Gasteiger partial charge is 0.410 e. The predicted octanol–water partition coefficient (Wildman–Crippen LogP) is 3.36. The van der Waals surface area contributed by atoms with Gasteiger partial charge in [-0.05, 0) is 57.9 Å². The van der Waals surface area contributed by atoms with E-state index in [2.05, 4.69) is 0 Å². The van der Waals surface area contributed by atoms with Gasteiger partial charge in [0.25, 0.3) is 0 Å². The molecule has 0 aromatic heterocycles. The lowest BCUT2D eigenvalue weighted by atomic mass is 9.89. The van der Waals surface area contributed by atoms with Crippen molar-refractivity contribution in [3.05, 3.63) is 30.1 Å². The average molecular weight is 339 g/mol. The molecule has 1 fully saturated rings. The molecule has 1 aliphatic heterocycles. The summed E-state index contributed by atoms with van der Waals surface area (Å²) in [7, 11) is 0. The molecule has 24 heavy (non-hydrogen) atoms. The van der Waals surface area contributed by atoms with Crippen molar-refractivity contribution < 1.29 is 23.8 Å². The molecule has 1 amide bonds. The molecule has 0 bridgehead atoms. The van der Waals surface area contributed by atoms with E-state index in [0.717, 1.165) is 0 Å². The second-order valence-electron chi connectivity index (χ2n) is 7.24. The quantitative estimate of drug-likeness (QED) is 0.914. The fourth-order valence-electron chi connectivity index (χ4n) is 2.57. The Morgan fingerprint density at radius 1 is 1.25 bits per heavy atom. The van der Waals surface area contributed by atoms with Gasteiger partial charge in [-0.2, -0.15) is 0 Å². The van der Waals surface area contributed by atoms with Crippen molar-refractivity contribution in [2.75, 3.05) is 19.7 Å². The van der Waals surface area contributed by atoms with E-state index in [1.165, 1.54) is 12.1 Å². The van der Waals surface area contributed by atoms with Crippen LogP contribution in [0.3, 0.4) is 0 Å². The van der Waals surface area contributed by atoms with Gasteiger partial charge in [-0.1, -0.05) is 0 Å². The molecule has 2 rings (SSSR count). The maximum Gasteiger partial charge on any atom is 0.410 e. The zero-order valence-corrected chi connectivity index (χ0v) is 14.5. The first-order valence-corrected chi connectivity index (χ1v) is 8.26. The number of carbonyl (C=O) groups excluding carboxylic acids is 1. The van der Waals surface area contributed by atoms with Crippen LogP contribution in [0.4, 0.5) is 9.18 Å². The standard InChI is InChI=1S/C18H26FNO4/c1-17(2,3)24-16(21)20-11-8-18(22,9-12-20)10-13-23-15-6-4-14(19)5-7-15/h4-7,22H,8-13H2,1-3H3. The summed E-state index contributed by atoms with van der Waals surface area (Å²) in [6.07, 6.45) is 1.09. The molecule has 6 heteroatoms. The first kappa shape index (κ1) is 18.5. The number of piperidine rings is 1. The largest absolute Gasteiger partial charge is 0.493 e. The van der Waals surface area contributed by atoms with Gasteiger partial charge in [0.2, 0.25) is 0 Å². The van der Waals surface area contributed by atoms with E-state index in [0.29, 0.717) is 44.7 Å². The van der Waals surface area contributed by atoms with Crippen LogP contribution in [0.25, 0.3) is 0 Å². The number of hydrogen-bond acceptors (Lipinski definition) is 4. The van der Waals surface area contributed by atoms with Gasteiger partial charge in [0.1, 0.15) is 17.2 Å². The van der Waals surface area contributed by atoms with Crippen molar-refractivity contribution in [1.82, 2.24) is 4.90 Å². The third-order valence-electron chi connectivity index (χ3n) is 4.00. The Kier molecular flexibility index (Phi) is 5.70. The summed E-state index contributed by atoms with van der Waals surface area (Å²) in [5.74, 6) is 0.265. The van der Waals surface area contributed by atoms with Gasteiger partial charge in [0, 0.05) is 19.5 Å². The number of benzene rings is 1. The van der Waals surface area contributed by atoms with Crippen molar-refractivity contribution >= 4 is 6.09 Å². The Bertz CT molecular complexity index is 545. The number of aliphatic hydroxyl groups is 1. The summed E-state index contributed by atoms with van der Waals surface area (Å²) in [6, 6.07) is 5.79. The summed E-state index contributed by atoms with van der Waals surface area (Å²) in [5.41, 5.74) is -1.37. The Balaban J connectivity index is 1.75. The number of halogens is 1. The highest BCUT2D eigenvalue weighted by molar-refractivity contribution is 5.68. The van der Waals surface area contributed by atoms with Crippen LogP contribution in [0.2, 0.25) is 0 Å². The molecule has 0 unspecified atom stereocenters. The van der Waals surface area contributed by atoms with Gasteiger partial charge < -0.3 is 19.5 Å². The summed E-state index contributed by atoms with van der Waals surface area (Å²) in [5, 5.41) is 10.6. The fourth-order valence-corrected chi connectivity index (χ4v) is 2.57. The van der Waals surface area contributed by atoms with E-state index in [4.69, 9.17) is 9.47 Å². The number of amides is 1. The average Bonchev–Trinajstić information content (AvgIpc) is 2.48. The van der Waals surface area contributed by atoms with Crippen LogP contribution in [-0.4, -0.2) is 47.0 Å². The molecule has 134 valence electrons. The van der Waals surface area contributed by atoms with Crippen molar-refractivity contribution in [3.8, 4) is 5.75 Å². The van der Waals surface area contributed by atoms with Gasteiger partial charge in [-0.15, -0.1) is 0 Å². The molecular formula is C18H26FNO4. The third-order valence-corrected chi connectivity index (χ3v) is 4.00. The topological polar surface area (TPSA) is 59.0 Å². The van der Waals surface area contributed by atoms with E-state index >= 15 is 0 Å². The van der Waals surface area contributed by atoms with E-state index in [-0.39, 0.29) is 11.9 Å². The van der Waals surface area contributed by atoms with Crippen LogP contribution >= 0.6 is 0 Å². The molecule has 0 saturated carbocycles. The van der Waals surface area contributed by atoms with Crippen LogP contribution in [0.1, 0.15) is 40.0 Å². The van der Waals surface area contributed by atoms with Gasteiger partial charge in [0.05, 0.1) is 12.2 Å². The van der Waals surface area contributed by atoms with Gasteiger partial charge in [0.15, 0.2) is 0 Å². The SMILES string of the molecule is CC(C)(C)OC(=O)N1CCC(O)(CCOc2ccc(F)cc2)CC1. The summed E-state index contributed by atoms with van der Waals surface area (Å²) in [6.45, 7) is 6.76. The van der Waals surface area contributed by atoms with E-state index in [1.807, 2.05) is 20.8 Å². The Hall–Kier alpha value is -1.82. The second-order valence-corrected chi connectivity index (χ2v) is 7.24. The first-order chi connectivity index (χ1) is 11.2. The van der Waals surface area contributed by atoms with Crippen LogP contribution in [0, 0.1) is 5.82 Å². The number of rotatable bonds is 4. The minimum Gasteiger partial charge on any atom is -0.493 e. The molecule has 0 atom stereocenters. The molecule has 1 N–H and O–H groups in total. The van der Waals surface area contributed by atoms with Crippen LogP contribution in [-0.2, 0) is 4.74 Å². The minimum absolute atomic E-state index is 0.310. The highest BCUT2D eigenvalue weighted by Gasteiger charge is 2.35. The zero-order chi connectivity index (χ0) is 17.8. The summed E-state index contributed by atoms with van der Waals surface area (Å²) in [4.78, 5) is 13.6. The van der Waals surface area contributed by atoms with Crippen molar-refractivity contribution in [1.29, 1.82) is 0 Å². The normalized spacial score (nSPS) is 17.5. The molecule has 0 spiro atoms. The molecule has 1 heterocycles. The molecule has 0 radical (unpaired) electrons. The van der Waals surface area contributed by atoms with Gasteiger partial charge in [-0.25, -0.2) is 9.18 Å². The fraction of sp³-hybridized carbons (Fsp3) is 0.611. The number of ether oxygens (including phenoxy) is 2. The lowest BCUT2D eigenvalue weighted by molar-refractivity contribution is -0.0421. The number of likely N-dealkylation sites (tertiary alicyclic amines) is 1. The first-order valence-electron chi connectivity index (χ1n) is 8.26. The van der Waals surface area contributed by atoms with E-state index in [9.17, 15) is 14.3 Å². The highest BCUT2D eigenvalue weighted by Crippen LogP contribution is 2.27. The summed E-state index contributed by atoms with van der Waals surface area (Å²) >= 11 is 0. The molecule has 1 aromatic carbocycles. The van der Waals surface area contributed by atoms with Crippen LogP contribution < -0.4 is 4.74 Å². The molecule has 1 saturated heterocycles. The molecule has 1 aromatic rings. The third kappa shape index (κ3) is 5.67. The van der Waals surface area contributed by atoms with Gasteiger partial charge in [-0.3, -0.25) is 0 Å². The minimum atomic E-state index is -0.849. The van der Waals surface area contributed by atoms with E-state index in [1.54, 1.807) is 17.0 Å². The summed E-state index contributed by atoms with van der Waals surface area (Å²) < 4.78 is 23.7. The number of hydrogen-bond donors (Lipinski definition) is 1. The van der Waals surface area contributed by atoms with Crippen LogP contribution in [0.15, 0.2) is 24.3 Å². The lowest BCUT2D eigenvalue weighted by Crippen LogP contribution is -2.48. The van der Waals surface area contributed by atoms with Crippen molar-refractivity contribution in [2.24, 2.45) is 0 Å². The maximum atomic E-state index is 12.8.